The van der Waals surface area contributed by atoms with E-state index in [2.05, 4.69) is 4.74 Å². The molecule has 4 nitrogen and oxygen atoms in total. The molecule has 0 atom stereocenters. The Labute approximate surface area is 69.9 Å². The van der Waals surface area contributed by atoms with Crippen LogP contribution in [-0.2, 0) is 16.1 Å². The summed E-state index contributed by atoms with van der Waals surface area (Å²) in [6.45, 7) is 0.0934. The van der Waals surface area contributed by atoms with Gasteiger partial charge in [-0.05, 0) is 12.1 Å². The Bertz CT molecular complexity index is 330. The highest BCUT2D eigenvalue weighted by molar-refractivity contribution is 5.68. The monoisotopic (exact) mass is 166 g/mol. The van der Waals surface area contributed by atoms with Gasteiger partial charge in [-0.3, -0.25) is 10.2 Å². The summed E-state index contributed by atoms with van der Waals surface area (Å²) < 4.78 is 5.97. The molecule has 0 unspecified atom stereocenters. The average Bonchev–Trinajstić information content (AvgIpc) is 2.09. The number of ether oxygens (including phenoxy) is 1. The fourth-order valence-electron chi connectivity index (χ4n) is 0.818. The number of nitrogens with zero attached hydrogens (tertiary/aromatic N) is 1. The molecular weight excluding hydrogens is 156 g/mol. The summed E-state index contributed by atoms with van der Waals surface area (Å²) in [7, 11) is 1.33. The highest BCUT2D eigenvalue weighted by Gasteiger charge is 1.99. The van der Waals surface area contributed by atoms with Crippen molar-refractivity contribution in [2.24, 2.45) is 0 Å². The van der Waals surface area contributed by atoms with Gasteiger partial charge in [-0.2, -0.15) is 0 Å². The lowest BCUT2D eigenvalue weighted by Crippen LogP contribution is -2.23. The molecule has 1 N–H and O–H groups in total. The number of pyridine rings is 1. The first kappa shape index (κ1) is 8.52. The van der Waals surface area contributed by atoms with E-state index in [4.69, 9.17) is 5.41 Å². The number of esters is 1. The van der Waals surface area contributed by atoms with Gasteiger partial charge in [0.2, 0.25) is 0 Å². The van der Waals surface area contributed by atoms with Crippen LogP contribution in [0.1, 0.15) is 0 Å². The van der Waals surface area contributed by atoms with Crippen LogP contribution < -0.4 is 5.49 Å². The molecule has 0 saturated heterocycles. The minimum absolute atomic E-state index is 0.0934. The molecule has 0 aliphatic heterocycles. The summed E-state index contributed by atoms with van der Waals surface area (Å²) in [6, 6.07) is 5.13. The first-order chi connectivity index (χ1) is 5.74. The number of methoxy groups -OCH3 is 1. The third-order valence-corrected chi connectivity index (χ3v) is 1.47. The number of aromatic nitrogens is 1. The zero-order chi connectivity index (χ0) is 8.97. The minimum atomic E-state index is -0.347. The first-order valence-corrected chi connectivity index (χ1v) is 3.51. The molecule has 4 heteroatoms. The third kappa shape index (κ3) is 1.95. The highest BCUT2D eigenvalue weighted by atomic mass is 16.5. The van der Waals surface area contributed by atoms with Gasteiger partial charge < -0.3 is 9.30 Å². The summed E-state index contributed by atoms with van der Waals surface area (Å²) in [6.07, 6.45) is 1.67. The fraction of sp³-hybridized carbons (Fsp3) is 0.250. The highest BCUT2D eigenvalue weighted by Crippen LogP contribution is 1.83. The Morgan fingerprint density at radius 1 is 1.67 bits per heavy atom. The Morgan fingerprint density at radius 2 is 2.42 bits per heavy atom. The number of hydrogen-bond acceptors (Lipinski definition) is 3. The smallest absolute Gasteiger partial charge is 0.325 e. The third-order valence-electron chi connectivity index (χ3n) is 1.47. The normalized spacial score (nSPS) is 9.42. The molecular formula is C8H10N2O2. The SMILES string of the molecule is COC(=O)Cn1ccccc1=N. The van der Waals surface area contributed by atoms with E-state index in [-0.39, 0.29) is 12.5 Å². The molecule has 12 heavy (non-hydrogen) atoms. The van der Waals surface area contributed by atoms with E-state index in [1.807, 2.05) is 0 Å². The maximum atomic E-state index is 10.8. The number of rotatable bonds is 2. The second-order valence-corrected chi connectivity index (χ2v) is 2.29. The predicted molar refractivity (Wildman–Crippen MR) is 42.3 cm³/mol. The Kier molecular flexibility index (Phi) is 2.63. The van der Waals surface area contributed by atoms with Crippen molar-refractivity contribution in [3.05, 3.63) is 29.9 Å². The van der Waals surface area contributed by atoms with Crippen molar-refractivity contribution in [1.29, 1.82) is 5.41 Å². The molecule has 0 aliphatic rings. The van der Waals surface area contributed by atoms with Crippen molar-refractivity contribution in [2.75, 3.05) is 7.11 Å². The van der Waals surface area contributed by atoms with E-state index in [1.165, 1.54) is 11.7 Å². The number of nitrogens with one attached hydrogen (secondary N) is 1. The van der Waals surface area contributed by atoms with Crippen LogP contribution in [0.3, 0.4) is 0 Å². The van der Waals surface area contributed by atoms with Crippen molar-refractivity contribution in [1.82, 2.24) is 4.57 Å². The van der Waals surface area contributed by atoms with Crippen molar-refractivity contribution >= 4 is 5.97 Å². The summed E-state index contributed by atoms with van der Waals surface area (Å²) in [5, 5.41) is 7.39. The van der Waals surface area contributed by atoms with Crippen molar-refractivity contribution in [3.63, 3.8) is 0 Å². The van der Waals surface area contributed by atoms with Crippen LogP contribution in [0.15, 0.2) is 24.4 Å². The average molecular weight is 166 g/mol. The zero-order valence-electron chi connectivity index (χ0n) is 6.78. The largest absolute Gasteiger partial charge is 0.468 e. The fourth-order valence-corrected chi connectivity index (χ4v) is 0.818. The van der Waals surface area contributed by atoms with Crippen molar-refractivity contribution in [2.45, 2.75) is 6.54 Å². The second-order valence-electron chi connectivity index (χ2n) is 2.29. The molecule has 1 aromatic rings. The molecule has 0 aromatic carbocycles. The molecule has 0 amide bonds. The lowest BCUT2D eigenvalue weighted by atomic mass is 10.4. The van der Waals surface area contributed by atoms with Gasteiger partial charge in [0, 0.05) is 6.20 Å². The van der Waals surface area contributed by atoms with E-state index < -0.39 is 0 Å². The van der Waals surface area contributed by atoms with Gasteiger partial charge in [-0.25, -0.2) is 0 Å². The van der Waals surface area contributed by atoms with Gasteiger partial charge in [0.1, 0.15) is 12.0 Å². The Hall–Kier alpha value is -1.58. The Morgan fingerprint density at radius 3 is 3.00 bits per heavy atom. The molecule has 0 fully saturated rings. The molecule has 1 aromatic heterocycles. The molecule has 0 bridgehead atoms. The van der Waals surface area contributed by atoms with Crippen LogP contribution in [0.25, 0.3) is 0 Å². The summed E-state index contributed by atoms with van der Waals surface area (Å²) >= 11 is 0. The number of carbonyl (C=O) groups is 1. The van der Waals surface area contributed by atoms with Gasteiger partial charge in [-0.1, -0.05) is 6.07 Å². The standard InChI is InChI=1S/C8H10N2O2/c1-12-8(11)6-10-5-3-2-4-7(10)9/h2-5,9H,6H2,1H3. The van der Waals surface area contributed by atoms with Gasteiger partial charge in [-0.15, -0.1) is 0 Å². The predicted octanol–water partition coefficient (Wildman–Crippen LogP) is 0.141. The van der Waals surface area contributed by atoms with E-state index in [0.29, 0.717) is 5.49 Å². The minimum Gasteiger partial charge on any atom is -0.468 e. The van der Waals surface area contributed by atoms with E-state index in [9.17, 15) is 4.79 Å². The lowest BCUT2D eigenvalue weighted by Gasteiger charge is -2.03. The first-order valence-electron chi connectivity index (χ1n) is 3.51. The zero-order valence-corrected chi connectivity index (χ0v) is 6.78. The molecule has 0 aliphatic carbocycles. The van der Waals surface area contributed by atoms with Crippen LogP contribution in [-0.4, -0.2) is 17.6 Å². The Balaban J connectivity index is 2.83. The number of hydrogen-bond donors (Lipinski definition) is 1. The molecule has 64 valence electrons. The van der Waals surface area contributed by atoms with E-state index in [1.54, 1.807) is 24.4 Å². The maximum absolute atomic E-state index is 10.8. The summed E-state index contributed by atoms with van der Waals surface area (Å²) in [4.78, 5) is 10.8. The van der Waals surface area contributed by atoms with Crippen LogP contribution in [0.2, 0.25) is 0 Å². The van der Waals surface area contributed by atoms with Gasteiger partial charge >= 0.3 is 5.97 Å². The summed E-state index contributed by atoms with van der Waals surface area (Å²) in [5.41, 5.74) is 0.294. The van der Waals surface area contributed by atoms with Gasteiger partial charge in [0.05, 0.1) is 7.11 Å². The van der Waals surface area contributed by atoms with Gasteiger partial charge in [0.15, 0.2) is 0 Å². The molecule has 0 spiro atoms. The number of carbonyl (C=O) groups excluding carboxylic acids is 1. The molecule has 0 radical (unpaired) electrons. The van der Waals surface area contributed by atoms with Crippen LogP contribution >= 0.6 is 0 Å². The van der Waals surface area contributed by atoms with Crippen LogP contribution in [0.5, 0.6) is 0 Å². The second kappa shape index (κ2) is 3.71. The molecule has 1 rings (SSSR count). The van der Waals surface area contributed by atoms with E-state index >= 15 is 0 Å². The van der Waals surface area contributed by atoms with Crippen LogP contribution in [0, 0.1) is 5.41 Å². The topological polar surface area (TPSA) is 55.1 Å². The maximum Gasteiger partial charge on any atom is 0.325 e. The van der Waals surface area contributed by atoms with E-state index in [0.717, 1.165) is 0 Å². The lowest BCUT2D eigenvalue weighted by molar-refractivity contribution is -0.141. The molecule has 1 heterocycles. The molecule has 0 saturated carbocycles. The van der Waals surface area contributed by atoms with Crippen molar-refractivity contribution < 1.29 is 9.53 Å². The summed E-state index contributed by atoms with van der Waals surface area (Å²) in [5.74, 6) is -0.347. The van der Waals surface area contributed by atoms with Crippen LogP contribution in [0.4, 0.5) is 0 Å². The van der Waals surface area contributed by atoms with Crippen molar-refractivity contribution in [3.8, 4) is 0 Å². The quantitative estimate of drug-likeness (QED) is 0.635. The van der Waals surface area contributed by atoms with Gasteiger partial charge in [0.25, 0.3) is 0 Å².